The van der Waals surface area contributed by atoms with Gasteiger partial charge >= 0.3 is 0 Å². The number of hydrogen-bond acceptors (Lipinski definition) is 5. The van der Waals surface area contributed by atoms with Gasteiger partial charge in [-0.3, -0.25) is 4.90 Å². The van der Waals surface area contributed by atoms with Crippen molar-refractivity contribution in [3.05, 3.63) is 17.8 Å². The predicted octanol–water partition coefficient (Wildman–Crippen LogP) is 1.84. The van der Waals surface area contributed by atoms with Crippen molar-refractivity contribution in [3.8, 4) is 0 Å². The summed E-state index contributed by atoms with van der Waals surface area (Å²) in [5.41, 5.74) is 0.480. The molecule has 0 aliphatic carbocycles. The molecule has 0 bridgehead atoms. The highest BCUT2D eigenvalue weighted by Gasteiger charge is 2.28. The lowest BCUT2D eigenvalue weighted by molar-refractivity contribution is 0.124. The zero-order chi connectivity index (χ0) is 14.7. The van der Waals surface area contributed by atoms with Crippen LogP contribution < -0.4 is 5.32 Å². The molecular weight excluding hydrogens is 271 g/mol. The molecular formula is C15H23FN4O. The molecule has 0 unspecified atom stereocenters. The quantitative estimate of drug-likeness (QED) is 0.918. The summed E-state index contributed by atoms with van der Waals surface area (Å²) in [6, 6.07) is 0.867. The van der Waals surface area contributed by atoms with Crippen molar-refractivity contribution in [3.63, 3.8) is 0 Å². The van der Waals surface area contributed by atoms with Gasteiger partial charge < -0.3 is 10.1 Å². The molecule has 21 heavy (non-hydrogen) atoms. The maximum Gasteiger partial charge on any atom is 0.186 e. The zero-order valence-corrected chi connectivity index (χ0v) is 12.5. The summed E-state index contributed by atoms with van der Waals surface area (Å²) < 4.78 is 19.6. The van der Waals surface area contributed by atoms with Gasteiger partial charge in [0, 0.05) is 31.8 Å². The molecule has 2 fully saturated rings. The van der Waals surface area contributed by atoms with Gasteiger partial charge in [0.25, 0.3) is 0 Å². The smallest absolute Gasteiger partial charge is 0.186 e. The van der Waals surface area contributed by atoms with Crippen molar-refractivity contribution in [2.24, 2.45) is 0 Å². The Balaban J connectivity index is 1.55. The Morgan fingerprint density at radius 2 is 2.14 bits per heavy atom. The van der Waals surface area contributed by atoms with Crippen LogP contribution in [0.4, 0.5) is 10.2 Å². The fourth-order valence-corrected chi connectivity index (χ4v) is 3.17. The molecule has 2 saturated heterocycles. The van der Waals surface area contributed by atoms with Gasteiger partial charge in [0.15, 0.2) is 11.6 Å². The molecule has 0 spiro atoms. The highest BCUT2D eigenvalue weighted by Crippen LogP contribution is 2.22. The van der Waals surface area contributed by atoms with Gasteiger partial charge in [-0.15, -0.1) is 0 Å². The molecule has 2 aliphatic heterocycles. The summed E-state index contributed by atoms with van der Waals surface area (Å²) in [7, 11) is 0. The maximum atomic E-state index is 14.1. The number of aryl methyl sites for hydroxylation is 1. The first kappa shape index (κ1) is 14.7. The van der Waals surface area contributed by atoms with Crippen molar-refractivity contribution in [1.29, 1.82) is 0 Å². The number of piperidine rings is 1. The molecule has 0 saturated carbocycles. The number of halogens is 1. The minimum absolute atomic E-state index is 0.290. The third kappa shape index (κ3) is 3.32. The molecule has 0 amide bonds. The van der Waals surface area contributed by atoms with Crippen LogP contribution in [0.25, 0.3) is 0 Å². The van der Waals surface area contributed by atoms with Gasteiger partial charge in [0.05, 0.1) is 12.3 Å². The van der Waals surface area contributed by atoms with E-state index in [1.807, 2.05) is 6.92 Å². The van der Waals surface area contributed by atoms with Gasteiger partial charge in [-0.2, -0.15) is 0 Å². The minimum atomic E-state index is -0.299. The number of ether oxygens (including phenoxy) is 1. The molecule has 6 heteroatoms. The van der Waals surface area contributed by atoms with Crippen LogP contribution in [-0.2, 0) is 11.2 Å². The predicted molar refractivity (Wildman–Crippen MR) is 78.8 cm³/mol. The Morgan fingerprint density at radius 3 is 2.81 bits per heavy atom. The summed E-state index contributed by atoms with van der Waals surface area (Å²) >= 11 is 0. The lowest BCUT2D eigenvalue weighted by Gasteiger charge is -2.35. The Bertz CT molecular complexity index is 471. The van der Waals surface area contributed by atoms with E-state index in [1.54, 1.807) is 0 Å². The number of nitrogens with one attached hydrogen (secondary N) is 1. The lowest BCUT2D eigenvalue weighted by Crippen LogP contribution is -2.45. The minimum Gasteiger partial charge on any atom is -0.380 e. The van der Waals surface area contributed by atoms with Crippen LogP contribution in [-0.4, -0.2) is 53.3 Å². The van der Waals surface area contributed by atoms with Gasteiger partial charge in [0.1, 0.15) is 6.33 Å². The monoisotopic (exact) mass is 294 g/mol. The van der Waals surface area contributed by atoms with Gasteiger partial charge in [-0.1, -0.05) is 6.92 Å². The summed E-state index contributed by atoms with van der Waals surface area (Å²) in [6.45, 7) is 5.72. The van der Waals surface area contributed by atoms with E-state index >= 15 is 0 Å². The lowest BCUT2D eigenvalue weighted by atomic mass is 10.0. The Hall–Kier alpha value is -1.27. The number of nitrogens with zero attached hydrogens (tertiary/aromatic N) is 3. The van der Waals surface area contributed by atoms with Gasteiger partial charge in [-0.25, -0.2) is 14.4 Å². The first-order valence-corrected chi connectivity index (χ1v) is 7.85. The molecule has 3 rings (SSSR count). The van der Waals surface area contributed by atoms with Crippen molar-refractivity contribution < 1.29 is 9.13 Å². The summed E-state index contributed by atoms with van der Waals surface area (Å²) in [6.07, 6.45) is 5.19. The Kier molecular flexibility index (Phi) is 4.65. The molecule has 1 aromatic heterocycles. The van der Waals surface area contributed by atoms with E-state index in [0.717, 1.165) is 45.6 Å². The molecule has 1 atom stereocenters. The SMILES string of the molecule is CCc1ncnc(NC2CCN([C@H]3CCOC3)CC2)c1F. The first-order chi connectivity index (χ1) is 10.3. The highest BCUT2D eigenvalue weighted by atomic mass is 19.1. The molecule has 116 valence electrons. The third-order valence-electron chi connectivity index (χ3n) is 4.49. The van der Waals surface area contributed by atoms with Crippen molar-refractivity contribution in [2.75, 3.05) is 31.6 Å². The topological polar surface area (TPSA) is 50.3 Å². The van der Waals surface area contributed by atoms with E-state index in [4.69, 9.17) is 4.74 Å². The average Bonchev–Trinajstić information content (AvgIpc) is 3.04. The fourth-order valence-electron chi connectivity index (χ4n) is 3.17. The van der Waals surface area contributed by atoms with Crippen LogP contribution in [0.2, 0.25) is 0 Å². The Morgan fingerprint density at radius 1 is 1.33 bits per heavy atom. The summed E-state index contributed by atoms with van der Waals surface area (Å²) in [5.74, 6) is 0.0520. The van der Waals surface area contributed by atoms with Crippen LogP contribution in [0.5, 0.6) is 0 Å². The van der Waals surface area contributed by atoms with E-state index in [9.17, 15) is 4.39 Å². The molecule has 3 heterocycles. The molecule has 5 nitrogen and oxygen atoms in total. The number of anilines is 1. The third-order valence-corrected chi connectivity index (χ3v) is 4.49. The number of likely N-dealkylation sites (tertiary alicyclic amines) is 1. The van der Waals surface area contributed by atoms with E-state index in [2.05, 4.69) is 20.2 Å². The normalized spacial score (nSPS) is 24.4. The molecule has 0 radical (unpaired) electrons. The second-order valence-corrected chi connectivity index (χ2v) is 5.81. The van der Waals surface area contributed by atoms with Crippen LogP contribution in [0.1, 0.15) is 31.9 Å². The fraction of sp³-hybridized carbons (Fsp3) is 0.733. The molecule has 2 aliphatic rings. The van der Waals surface area contributed by atoms with Crippen LogP contribution in [0, 0.1) is 5.82 Å². The van der Waals surface area contributed by atoms with Crippen molar-refractivity contribution >= 4 is 5.82 Å². The maximum absolute atomic E-state index is 14.1. The molecule has 1 N–H and O–H groups in total. The standard InChI is InChI=1S/C15H23FN4O/c1-2-13-14(16)15(18-10-17-13)19-11-3-6-20(7-4-11)12-5-8-21-9-12/h10-12H,2-9H2,1H3,(H,17,18,19)/t12-/m0/s1. The summed E-state index contributed by atoms with van der Waals surface area (Å²) in [4.78, 5) is 10.5. The largest absolute Gasteiger partial charge is 0.380 e. The number of hydrogen-bond donors (Lipinski definition) is 1. The van der Waals surface area contributed by atoms with Gasteiger partial charge in [-0.05, 0) is 25.7 Å². The second-order valence-electron chi connectivity index (χ2n) is 5.81. The van der Waals surface area contributed by atoms with Gasteiger partial charge in [0.2, 0.25) is 0 Å². The second kappa shape index (κ2) is 6.66. The van der Waals surface area contributed by atoms with Crippen molar-refractivity contribution in [1.82, 2.24) is 14.9 Å². The summed E-state index contributed by atoms with van der Waals surface area (Å²) in [5, 5.41) is 3.25. The van der Waals surface area contributed by atoms with E-state index < -0.39 is 0 Å². The van der Waals surface area contributed by atoms with Crippen molar-refractivity contribution in [2.45, 2.75) is 44.7 Å². The number of rotatable bonds is 4. The molecule has 0 aromatic carbocycles. The van der Waals surface area contributed by atoms with E-state index in [-0.39, 0.29) is 11.9 Å². The highest BCUT2D eigenvalue weighted by molar-refractivity contribution is 5.38. The first-order valence-electron chi connectivity index (χ1n) is 7.85. The zero-order valence-electron chi connectivity index (χ0n) is 12.5. The average molecular weight is 294 g/mol. The van der Waals surface area contributed by atoms with E-state index in [1.165, 1.54) is 6.33 Å². The van der Waals surface area contributed by atoms with Crippen LogP contribution >= 0.6 is 0 Å². The molecule has 1 aromatic rings. The van der Waals surface area contributed by atoms with Crippen LogP contribution in [0.3, 0.4) is 0 Å². The Labute approximate surface area is 124 Å². The van der Waals surface area contributed by atoms with E-state index in [0.29, 0.717) is 24.0 Å². The number of aromatic nitrogens is 2. The van der Waals surface area contributed by atoms with Crippen LogP contribution in [0.15, 0.2) is 6.33 Å².